The molecule has 1 heterocycles. The molecule has 1 aromatic rings. The lowest BCUT2D eigenvalue weighted by molar-refractivity contribution is 0.879. The summed E-state index contributed by atoms with van der Waals surface area (Å²) in [6.07, 6.45) is 12.1. The van der Waals surface area contributed by atoms with Crippen LogP contribution in [-0.2, 0) is 5.41 Å². The molecule has 0 fully saturated rings. The zero-order valence-corrected chi connectivity index (χ0v) is 10.2. The Morgan fingerprint density at radius 2 is 2.05 bits per heavy atom. The third-order valence-corrected chi connectivity index (χ3v) is 3.91. The van der Waals surface area contributed by atoms with Crippen LogP contribution in [0.2, 0.25) is 0 Å². The van der Waals surface area contributed by atoms with Crippen LogP contribution < -0.4 is 0 Å². The van der Waals surface area contributed by atoms with Crippen LogP contribution in [0.25, 0.3) is 0 Å². The smallest absolute Gasteiger partial charge is 0.0991 e. The van der Waals surface area contributed by atoms with Gasteiger partial charge in [0.1, 0.15) is 0 Å². The van der Waals surface area contributed by atoms with Crippen molar-refractivity contribution < 1.29 is 0 Å². The molecular formula is C17H10N2. The van der Waals surface area contributed by atoms with E-state index in [1.165, 1.54) is 5.56 Å². The van der Waals surface area contributed by atoms with Crippen molar-refractivity contribution >= 4 is 11.4 Å². The molecule has 1 spiro atoms. The molecule has 0 saturated carbocycles. The summed E-state index contributed by atoms with van der Waals surface area (Å²) < 4.78 is 0. The minimum absolute atomic E-state index is 0.286. The number of allylic oxidation sites excluding steroid dienone is 8. The number of para-hydroxylation sites is 1. The molecule has 3 aliphatic rings. The summed E-state index contributed by atoms with van der Waals surface area (Å²) in [6, 6.07) is 10.4. The highest BCUT2D eigenvalue weighted by Gasteiger charge is 2.44. The first-order chi connectivity index (χ1) is 9.34. The summed E-state index contributed by atoms with van der Waals surface area (Å²) in [5.74, 6) is 0. The second kappa shape index (κ2) is 3.43. The van der Waals surface area contributed by atoms with E-state index in [1.807, 2.05) is 36.4 Å². The van der Waals surface area contributed by atoms with Gasteiger partial charge >= 0.3 is 0 Å². The van der Waals surface area contributed by atoms with E-state index in [0.29, 0.717) is 5.57 Å². The first kappa shape index (κ1) is 10.3. The van der Waals surface area contributed by atoms with Crippen LogP contribution >= 0.6 is 0 Å². The highest BCUT2D eigenvalue weighted by molar-refractivity contribution is 6.14. The van der Waals surface area contributed by atoms with Gasteiger partial charge in [0.05, 0.1) is 28.5 Å². The summed E-state index contributed by atoms with van der Waals surface area (Å²) in [5.41, 5.74) is 4.79. The van der Waals surface area contributed by atoms with Crippen molar-refractivity contribution in [1.82, 2.24) is 0 Å². The van der Waals surface area contributed by atoms with E-state index in [2.05, 4.69) is 30.4 Å². The molecule has 0 amide bonds. The molecule has 19 heavy (non-hydrogen) atoms. The van der Waals surface area contributed by atoms with Crippen LogP contribution in [0.4, 0.5) is 5.69 Å². The van der Waals surface area contributed by atoms with Crippen molar-refractivity contribution in [3.8, 4) is 6.07 Å². The first-order valence-electron chi connectivity index (χ1n) is 6.23. The van der Waals surface area contributed by atoms with Crippen LogP contribution in [-0.4, -0.2) is 5.71 Å². The number of fused-ring (bicyclic) bond motifs is 1. The Hall–Kier alpha value is -2.66. The lowest BCUT2D eigenvalue weighted by atomic mass is 9.67. The molecular weight excluding hydrogens is 232 g/mol. The fraction of sp³-hybridized carbons (Fsp3) is 0.0588. The van der Waals surface area contributed by atoms with Crippen LogP contribution in [0, 0.1) is 11.3 Å². The Labute approximate surface area is 111 Å². The van der Waals surface area contributed by atoms with Gasteiger partial charge in [0, 0.05) is 0 Å². The molecule has 2 heteroatoms. The number of rotatable bonds is 0. The van der Waals surface area contributed by atoms with E-state index >= 15 is 0 Å². The largest absolute Gasteiger partial charge is 0.251 e. The van der Waals surface area contributed by atoms with Crippen molar-refractivity contribution in [3.63, 3.8) is 0 Å². The molecule has 1 unspecified atom stereocenters. The van der Waals surface area contributed by atoms with E-state index in [1.54, 1.807) is 0 Å². The average Bonchev–Trinajstić information content (AvgIpc) is 2.79. The molecule has 0 aromatic heterocycles. The predicted octanol–water partition coefficient (Wildman–Crippen LogP) is 3.53. The lowest BCUT2D eigenvalue weighted by Gasteiger charge is -2.33. The van der Waals surface area contributed by atoms with Gasteiger partial charge in [-0.2, -0.15) is 5.26 Å². The fourth-order valence-electron chi connectivity index (χ4n) is 3.04. The molecule has 1 aliphatic heterocycles. The van der Waals surface area contributed by atoms with Gasteiger partial charge in [-0.1, -0.05) is 36.4 Å². The second-order valence-electron chi connectivity index (χ2n) is 4.85. The van der Waals surface area contributed by atoms with Gasteiger partial charge in [-0.15, -0.1) is 0 Å². The summed E-state index contributed by atoms with van der Waals surface area (Å²) in [6.45, 7) is 0. The number of hydrogen-bond acceptors (Lipinski definition) is 2. The zero-order valence-electron chi connectivity index (χ0n) is 10.2. The Morgan fingerprint density at radius 1 is 1.16 bits per heavy atom. The molecule has 2 aliphatic carbocycles. The summed E-state index contributed by atoms with van der Waals surface area (Å²) in [5, 5.41) is 9.07. The maximum absolute atomic E-state index is 9.07. The fourth-order valence-corrected chi connectivity index (χ4v) is 3.04. The van der Waals surface area contributed by atoms with Crippen molar-refractivity contribution in [2.45, 2.75) is 5.41 Å². The van der Waals surface area contributed by atoms with Gasteiger partial charge in [-0.05, 0) is 35.4 Å². The number of hydrogen-bond donors (Lipinski definition) is 0. The topological polar surface area (TPSA) is 36.1 Å². The molecule has 1 aromatic carbocycles. The van der Waals surface area contributed by atoms with E-state index in [9.17, 15) is 0 Å². The molecule has 0 N–H and O–H groups in total. The van der Waals surface area contributed by atoms with Gasteiger partial charge < -0.3 is 0 Å². The van der Waals surface area contributed by atoms with E-state index in [0.717, 1.165) is 17.0 Å². The number of nitriles is 1. The monoisotopic (exact) mass is 242 g/mol. The van der Waals surface area contributed by atoms with Crippen molar-refractivity contribution in [3.05, 3.63) is 77.4 Å². The van der Waals surface area contributed by atoms with Crippen LogP contribution in [0.5, 0.6) is 0 Å². The quantitative estimate of drug-likeness (QED) is 0.685. The standard InChI is InChI=1S/C17H10N2/c18-11-12-8-9-17-13(10-12)4-3-7-16(17)19-15-6-2-1-5-14(15)17/h1-10H. The normalized spacial score (nSPS) is 25.5. The maximum Gasteiger partial charge on any atom is 0.0991 e. The van der Waals surface area contributed by atoms with Crippen molar-refractivity contribution in [1.29, 1.82) is 5.26 Å². The van der Waals surface area contributed by atoms with Crippen LogP contribution in [0.15, 0.2) is 76.9 Å². The molecule has 1 atom stereocenters. The Morgan fingerprint density at radius 3 is 2.95 bits per heavy atom. The molecule has 2 nitrogen and oxygen atoms in total. The number of benzene rings is 1. The van der Waals surface area contributed by atoms with Crippen molar-refractivity contribution in [2.24, 2.45) is 4.99 Å². The Kier molecular flexibility index (Phi) is 1.85. The molecule has 88 valence electrons. The van der Waals surface area contributed by atoms with Crippen LogP contribution in [0.3, 0.4) is 0 Å². The van der Waals surface area contributed by atoms with E-state index in [4.69, 9.17) is 10.3 Å². The SMILES string of the molecule is N#CC1=CC2=CC=CC3=Nc4ccccc4C23C=C1. The minimum atomic E-state index is -0.286. The number of aliphatic imine (C=N–C) groups is 1. The summed E-state index contributed by atoms with van der Waals surface area (Å²) >= 11 is 0. The summed E-state index contributed by atoms with van der Waals surface area (Å²) in [4.78, 5) is 4.73. The zero-order chi connectivity index (χ0) is 12.9. The number of nitrogens with zero attached hydrogens (tertiary/aromatic N) is 2. The van der Waals surface area contributed by atoms with Gasteiger partial charge in [0.15, 0.2) is 0 Å². The Bertz CT molecular complexity index is 782. The maximum atomic E-state index is 9.07. The van der Waals surface area contributed by atoms with Gasteiger partial charge in [-0.3, -0.25) is 4.99 Å². The van der Waals surface area contributed by atoms with E-state index < -0.39 is 0 Å². The first-order valence-corrected chi connectivity index (χ1v) is 6.23. The molecule has 0 saturated heterocycles. The van der Waals surface area contributed by atoms with Gasteiger partial charge in [-0.25, -0.2) is 0 Å². The van der Waals surface area contributed by atoms with Gasteiger partial charge in [0.25, 0.3) is 0 Å². The highest BCUT2D eigenvalue weighted by atomic mass is 14.8. The lowest BCUT2D eigenvalue weighted by Crippen LogP contribution is -2.34. The molecule has 0 bridgehead atoms. The van der Waals surface area contributed by atoms with Gasteiger partial charge in [0.2, 0.25) is 0 Å². The van der Waals surface area contributed by atoms with Crippen LogP contribution in [0.1, 0.15) is 5.56 Å². The summed E-state index contributed by atoms with van der Waals surface area (Å²) in [7, 11) is 0. The van der Waals surface area contributed by atoms with Crippen molar-refractivity contribution in [2.75, 3.05) is 0 Å². The third kappa shape index (κ3) is 1.17. The predicted molar refractivity (Wildman–Crippen MR) is 75.3 cm³/mol. The third-order valence-electron chi connectivity index (χ3n) is 3.91. The average molecular weight is 242 g/mol. The molecule has 0 radical (unpaired) electrons. The minimum Gasteiger partial charge on any atom is -0.251 e. The Balaban J connectivity index is 2.03. The highest BCUT2D eigenvalue weighted by Crippen LogP contribution is 2.49. The second-order valence-corrected chi connectivity index (χ2v) is 4.85. The molecule has 4 rings (SSSR count). The van der Waals surface area contributed by atoms with E-state index in [-0.39, 0.29) is 5.41 Å².